The van der Waals surface area contributed by atoms with Crippen LogP contribution in [-0.4, -0.2) is 42.8 Å². The molecule has 7 nitrogen and oxygen atoms in total. The van der Waals surface area contributed by atoms with Gasteiger partial charge in [-0.2, -0.15) is 0 Å². The summed E-state index contributed by atoms with van der Waals surface area (Å²) in [6.45, 7) is 0.191. The van der Waals surface area contributed by atoms with E-state index in [9.17, 15) is 14.4 Å². The van der Waals surface area contributed by atoms with Crippen LogP contribution in [0, 0.1) is 11.8 Å². The van der Waals surface area contributed by atoms with E-state index in [1.165, 1.54) is 11.1 Å². The quantitative estimate of drug-likeness (QED) is 0.669. The first-order valence-electron chi connectivity index (χ1n) is 9.63. The Bertz CT molecular complexity index is 912. The lowest BCUT2D eigenvalue weighted by atomic mass is 9.98. The fraction of sp³-hybridized carbons (Fsp3) is 0.318. The highest BCUT2D eigenvalue weighted by atomic mass is 16.5. The van der Waals surface area contributed by atoms with Crippen molar-refractivity contribution in [1.29, 1.82) is 0 Å². The molecule has 1 fully saturated rings. The first-order valence-corrected chi connectivity index (χ1v) is 9.63. The Morgan fingerprint density at radius 2 is 1.59 bits per heavy atom. The predicted octanol–water partition coefficient (Wildman–Crippen LogP) is 2.36. The normalized spacial score (nSPS) is 19.0. The van der Waals surface area contributed by atoms with E-state index in [0.29, 0.717) is 13.0 Å². The highest BCUT2D eigenvalue weighted by molar-refractivity contribution is 5.85. The summed E-state index contributed by atoms with van der Waals surface area (Å²) in [5, 5.41) is 13.7. The number of hydrogen-bond acceptors (Lipinski definition) is 4. The number of aliphatic carboxylic acids is 1. The largest absolute Gasteiger partial charge is 0.480 e. The number of benzene rings is 2. The summed E-state index contributed by atoms with van der Waals surface area (Å²) in [6, 6.07) is 16.3. The van der Waals surface area contributed by atoms with Crippen molar-refractivity contribution in [2.75, 3.05) is 19.7 Å². The lowest BCUT2D eigenvalue weighted by Crippen LogP contribution is -2.32. The highest BCUT2D eigenvalue weighted by Crippen LogP contribution is 2.44. The Kier molecular flexibility index (Phi) is 5.20. The van der Waals surface area contributed by atoms with Crippen LogP contribution in [0.15, 0.2) is 48.5 Å². The van der Waals surface area contributed by atoms with Crippen molar-refractivity contribution in [2.45, 2.75) is 12.3 Å². The van der Waals surface area contributed by atoms with Crippen LogP contribution in [0.5, 0.6) is 0 Å². The molecule has 2 aliphatic rings. The maximum Gasteiger partial charge on any atom is 0.407 e. The Hall–Kier alpha value is -3.35. The van der Waals surface area contributed by atoms with E-state index in [2.05, 4.69) is 34.9 Å². The molecule has 4 rings (SSSR count). The van der Waals surface area contributed by atoms with Crippen LogP contribution in [0.2, 0.25) is 0 Å². The van der Waals surface area contributed by atoms with Crippen LogP contribution in [0.1, 0.15) is 23.5 Å². The van der Waals surface area contributed by atoms with E-state index < -0.39 is 12.1 Å². The van der Waals surface area contributed by atoms with Crippen LogP contribution < -0.4 is 10.6 Å². The first-order chi connectivity index (χ1) is 14.0. The summed E-state index contributed by atoms with van der Waals surface area (Å²) in [5.74, 6) is -1.59. The Labute approximate surface area is 168 Å². The van der Waals surface area contributed by atoms with Crippen molar-refractivity contribution in [3.63, 3.8) is 0 Å². The van der Waals surface area contributed by atoms with Crippen molar-refractivity contribution >= 4 is 18.0 Å². The number of hydrogen-bond donors (Lipinski definition) is 3. The second-order valence-electron chi connectivity index (χ2n) is 7.42. The van der Waals surface area contributed by atoms with E-state index in [-0.39, 0.29) is 36.8 Å². The lowest BCUT2D eigenvalue weighted by molar-refractivity contribution is -0.138. The van der Waals surface area contributed by atoms with E-state index in [4.69, 9.17) is 9.84 Å². The van der Waals surface area contributed by atoms with Gasteiger partial charge in [-0.05, 0) is 34.6 Å². The molecule has 2 aliphatic carbocycles. The molecule has 0 radical (unpaired) electrons. The molecule has 29 heavy (non-hydrogen) atoms. The summed E-state index contributed by atoms with van der Waals surface area (Å²) < 4.78 is 5.46. The van der Waals surface area contributed by atoms with Gasteiger partial charge in [-0.25, -0.2) is 4.79 Å². The SMILES string of the molecule is O=C(O)CNC(=O)C1CC1CNC(=O)OCC1c2ccccc2-c2ccccc21. The second-order valence-corrected chi connectivity index (χ2v) is 7.42. The van der Waals surface area contributed by atoms with Crippen molar-refractivity contribution in [3.8, 4) is 11.1 Å². The standard InChI is InChI=1S/C22H22N2O5/c25-20(26)11-23-21(27)18-9-13(18)10-24-22(28)29-12-19-16-7-3-1-5-14(16)15-6-2-4-8-17(15)19/h1-8,13,18-19H,9-12H2,(H,23,27)(H,24,28)(H,25,26). The smallest absolute Gasteiger partial charge is 0.407 e. The number of rotatable bonds is 7. The van der Waals surface area contributed by atoms with Crippen molar-refractivity contribution in [3.05, 3.63) is 59.7 Å². The molecule has 2 aromatic carbocycles. The van der Waals surface area contributed by atoms with E-state index in [1.807, 2.05) is 24.3 Å². The van der Waals surface area contributed by atoms with Crippen molar-refractivity contribution in [1.82, 2.24) is 10.6 Å². The second kappa shape index (κ2) is 7.95. The number of carbonyl (C=O) groups is 3. The third-order valence-electron chi connectivity index (χ3n) is 5.53. The monoisotopic (exact) mass is 394 g/mol. The van der Waals surface area contributed by atoms with Crippen molar-refractivity contribution < 1.29 is 24.2 Å². The van der Waals surface area contributed by atoms with Gasteiger partial charge in [0.05, 0.1) is 0 Å². The minimum Gasteiger partial charge on any atom is -0.480 e. The molecule has 2 aromatic rings. The number of amides is 2. The van der Waals surface area contributed by atoms with Gasteiger partial charge in [-0.15, -0.1) is 0 Å². The fourth-order valence-corrected chi connectivity index (χ4v) is 3.95. The minimum absolute atomic E-state index is 0.00335. The Morgan fingerprint density at radius 1 is 0.966 bits per heavy atom. The van der Waals surface area contributed by atoms with Gasteiger partial charge in [0.2, 0.25) is 5.91 Å². The molecule has 0 heterocycles. The van der Waals surface area contributed by atoms with Gasteiger partial charge in [0.1, 0.15) is 13.2 Å². The average Bonchev–Trinajstić information content (AvgIpc) is 3.44. The number of fused-ring (bicyclic) bond motifs is 3. The van der Waals surface area contributed by atoms with Crippen LogP contribution in [0.4, 0.5) is 4.79 Å². The zero-order chi connectivity index (χ0) is 20.4. The molecule has 2 amide bonds. The van der Waals surface area contributed by atoms with Gasteiger partial charge in [-0.1, -0.05) is 48.5 Å². The van der Waals surface area contributed by atoms with Crippen LogP contribution in [0.25, 0.3) is 11.1 Å². The summed E-state index contributed by atoms with van der Waals surface area (Å²) in [6.07, 6.45) is 0.123. The molecular formula is C22H22N2O5. The third kappa shape index (κ3) is 4.08. The number of nitrogens with one attached hydrogen (secondary N) is 2. The van der Waals surface area contributed by atoms with Gasteiger partial charge < -0.3 is 20.5 Å². The maximum atomic E-state index is 12.1. The van der Waals surface area contributed by atoms with Gasteiger partial charge in [0.25, 0.3) is 0 Å². The van der Waals surface area contributed by atoms with Gasteiger partial charge in [-0.3, -0.25) is 9.59 Å². The van der Waals surface area contributed by atoms with E-state index in [0.717, 1.165) is 11.1 Å². The minimum atomic E-state index is -1.08. The molecular weight excluding hydrogens is 372 g/mol. The summed E-state index contributed by atoms with van der Waals surface area (Å²) in [4.78, 5) is 34.4. The average molecular weight is 394 g/mol. The number of ether oxygens (including phenoxy) is 1. The molecule has 0 spiro atoms. The molecule has 0 bridgehead atoms. The zero-order valence-electron chi connectivity index (χ0n) is 15.8. The number of carbonyl (C=O) groups excluding carboxylic acids is 2. The van der Waals surface area contributed by atoms with Crippen LogP contribution >= 0.6 is 0 Å². The predicted molar refractivity (Wildman–Crippen MR) is 105 cm³/mol. The molecule has 0 aromatic heterocycles. The van der Waals surface area contributed by atoms with Crippen LogP contribution in [0.3, 0.4) is 0 Å². The molecule has 2 atom stereocenters. The lowest BCUT2D eigenvalue weighted by Gasteiger charge is -2.14. The summed E-state index contributed by atoms with van der Waals surface area (Å²) in [5.41, 5.74) is 4.65. The van der Waals surface area contributed by atoms with E-state index in [1.54, 1.807) is 0 Å². The highest BCUT2D eigenvalue weighted by Gasteiger charge is 2.43. The number of alkyl carbamates (subject to hydrolysis) is 1. The molecule has 150 valence electrons. The topological polar surface area (TPSA) is 105 Å². The molecule has 3 N–H and O–H groups in total. The summed E-state index contributed by atoms with van der Waals surface area (Å²) >= 11 is 0. The Morgan fingerprint density at radius 3 is 2.21 bits per heavy atom. The Balaban J connectivity index is 1.27. The van der Waals surface area contributed by atoms with Crippen molar-refractivity contribution in [2.24, 2.45) is 11.8 Å². The molecule has 7 heteroatoms. The van der Waals surface area contributed by atoms with Gasteiger partial charge >= 0.3 is 12.1 Å². The fourth-order valence-electron chi connectivity index (χ4n) is 3.95. The van der Waals surface area contributed by atoms with Crippen LogP contribution in [-0.2, 0) is 14.3 Å². The number of carboxylic acid groups (broad SMARTS) is 1. The zero-order valence-corrected chi connectivity index (χ0v) is 15.8. The molecule has 2 unspecified atom stereocenters. The summed E-state index contributed by atoms with van der Waals surface area (Å²) in [7, 11) is 0. The first kappa shape index (κ1) is 19.0. The van der Waals surface area contributed by atoms with E-state index >= 15 is 0 Å². The third-order valence-corrected chi connectivity index (χ3v) is 5.53. The maximum absolute atomic E-state index is 12.1. The van der Waals surface area contributed by atoms with Gasteiger partial charge in [0.15, 0.2) is 0 Å². The molecule has 0 saturated heterocycles. The molecule has 0 aliphatic heterocycles. The van der Waals surface area contributed by atoms with Gasteiger partial charge in [0, 0.05) is 18.4 Å². The number of carboxylic acids is 1. The molecule has 1 saturated carbocycles.